The Morgan fingerprint density at radius 2 is 1.95 bits per heavy atom. The molecule has 0 aromatic heterocycles. The molecule has 0 spiro atoms. The first kappa shape index (κ1) is 16.4. The molecule has 1 aromatic carbocycles. The molecule has 1 aliphatic carbocycles. The number of amides is 3. The molecule has 0 radical (unpaired) electrons. The fraction of sp³-hybridized carbons (Fsp3) is 0.500. The normalized spacial score (nSPS) is 15.7. The Kier molecular flexibility index (Phi) is 5.89. The first-order chi connectivity index (χ1) is 10.6. The van der Waals surface area contributed by atoms with Crippen LogP contribution in [0.4, 0.5) is 9.18 Å². The van der Waals surface area contributed by atoms with Crippen molar-refractivity contribution in [3.63, 3.8) is 0 Å². The van der Waals surface area contributed by atoms with Crippen molar-refractivity contribution in [2.24, 2.45) is 5.92 Å². The number of hydrogen-bond donors (Lipinski definition) is 3. The van der Waals surface area contributed by atoms with Gasteiger partial charge >= 0.3 is 6.03 Å². The van der Waals surface area contributed by atoms with Crippen molar-refractivity contribution in [1.29, 1.82) is 0 Å². The highest BCUT2D eigenvalue weighted by Crippen LogP contribution is 2.37. The Bertz CT molecular complexity index is 515. The predicted molar refractivity (Wildman–Crippen MR) is 81.7 cm³/mol. The van der Waals surface area contributed by atoms with Gasteiger partial charge < -0.3 is 10.6 Å². The summed E-state index contributed by atoms with van der Waals surface area (Å²) in [6.45, 7) is 2.30. The van der Waals surface area contributed by atoms with Gasteiger partial charge in [0.1, 0.15) is 5.82 Å². The SMILES string of the molecule is CCNC(=O)NC(=O)CN[C@@H](c1ccc(F)cc1)C1CCC1. The van der Waals surface area contributed by atoms with E-state index in [4.69, 9.17) is 0 Å². The van der Waals surface area contributed by atoms with Crippen LogP contribution in [0.25, 0.3) is 0 Å². The minimum Gasteiger partial charge on any atom is -0.338 e. The molecule has 0 bridgehead atoms. The lowest BCUT2D eigenvalue weighted by Gasteiger charge is -2.34. The van der Waals surface area contributed by atoms with Crippen LogP contribution in [0, 0.1) is 11.7 Å². The second-order valence-corrected chi connectivity index (χ2v) is 5.51. The smallest absolute Gasteiger partial charge is 0.321 e. The van der Waals surface area contributed by atoms with Crippen molar-refractivity contribution in [2.45, 2.75) is 32.2 Å². The maximum atomic E-state index is 13.0. The Hall–Kier alpha value is -1.95. The van der Waals surface area contributed by atoms with Crippen LogP contribution in [-0.2, 0) is 4.79 Å². The molecule has 0 aliphatic heterocycles. The van der Waals surface area contributed by atoms with Crippen LogP contribution in [0.15, 0.2) is 24.3 Å². The molecule has 2 rings (SSSR count). The first-order valence-electron chi connectivity index (χ1n) is 7.66. The average Bonchev–Trinajstić information content (AvgIpc) is 2.42. The highest BCUT2D eigenvalue weighted by atomic mass is 19.1. The Morgan fingerprint density at radius 1 is 1.27 bits per heavy atom. The van der Waals surface area contributed by atoms with Gasteiger partial charge in [0, 0.05) is 12.6 Å². The van der Waals surface area contributed by atoms with Crippen molar-refractivity contribution in [2.75, 3.05) is 13.1 Å². The molecule has 1 atom stereocenters. The highest BCUT2D eigenvalue weighted by molar-refractivity contribution is 5.95. The van der Waals surface area contributed by atoms with Crippen molar-refractivity contribution in [3.05, 3.63) is 35.6 Å². The van der Waals surface area contributed by atoms with Gasteiger partial charge in [-0.3, -0.25) is 10.1 Å². The number of rotatable bonds is 6. The van der Waals surface area contributed by atoms with Gasteiger partial charge in [-0.1, -0.05) is 18.6 Å². The third-order valence-corrected chi connectivity index (χ3v) is 3.92. The quantitative estimate of drug-likeness (QED) is 0.754. The van der Waals surface area contributed by atoms with Crippen LogP contribution in [0.3, 0.4) is 0 Å². The van der Waals surface area contributed by atoms with E-state index in [2.05, 4.69) is 16.0 Å². The highest BCUT2D eigenvalue weighted by Gasteiger charge is 2.28. The van der Waals surface area contributed by atoms with Gasteiger partial charge in [0.05, 0.1) is 6.54 Å². The molecular weight excluding hydrogens is 285 g/mol. The summed E-state index contributed by atoms with van der Waals surface area (Å²) in [5.74, 6) is -0.204. The number of hydrogen-bond acceptors (Lipinski definition) is 3. The average molecular weight is 307 g/mol. The van der Waals surface area contributed by atoms with E-state index in [0.29, 0.717) is 12.5 Å². The van der Waals surface area contributed by atoms with Gasteiger partial charge in [0.15, 0.2) is 0 Å². The second kappa shape index (κ2) is 7.89. The van der Waals surface area contributed by atoms with Crippen molar-refractivity contribution in [3.8, 4) is 0 Å². The van der Waals surface area contributed by atoms with Gasteiger partial charge in [-0.25, -0.2) is 9.18 Å². The number of carbonyl (C=O) groups is 2. The zero-order valence-electron chi connectivity index (χ0n) is 12.7. The van der Waals surface area contributed by atoms with Gasteiger partial charge in [0.25, 0.3) is 0 Å². The number of benzene rings is 1. The number of halogens is 1. The fourth-order valence-electron chi connectivity index (χ4n) is 2.58. The summed E-state index contributed by atoms with van der Waals surface area (Å²) in [6.07, 6.45) is 3.36. The van der Waals surface area contributed by atoms with Gasteiger partial charge in [-0.2, -0.15) is 0 Å². The van der Waals surface area contributed by atoms with Crippen LogP contribution < -0.4 is 16.0 Å². The lowest BCUT2D eigenvalue weighted by Crippen LogP contribution is -2.45. The van der Waals surface area contributed by atoms with Crippen molar-refractivity contribution < 1.29 is 14.0 Å². The lowest BCUT2D eigenvalue weighted by atomic mass is 9.77. The minimum absolute atomic E-state index is 0.00864. The molecule has 1 aliphatic rings. The van der Waals surface area contributed by atoms with Crippen LogP contribution in [-0.4, -0.2) is 25.0 Å². The van der Waals surface area contributed by atoms with E-state index in [0.717, 1.165) is 18.4 Å². The summed E-state index contributed by atoms with van der Waals surface area (Å²) >= 11 is 0. The van der Waals surface area contributed by atoms with E-state index >= 15 is 0 Å². The van der Waals surface area contributed by atoms with E-state index in [1.165, 1.54) is 18.6 Å². The Labute approximate surface area is 129 Å². The fourth-order valence-corrected chi connectivity index (χ4v) is 2.58. The molecule has 5 nitrogen and oxygen atoms in total. The van der Waals surface area contributed by atoms with E-state index < -0.39 is 6.03 Å². The monoisotopic (exact) mass is 307 g/mol. The van der Waals surface area contributed by atoms with Gasteiger partial charge in [0.2, 0.25) is 5.91 Å². The molecule has 1 aromatic rings. The zero-order chi connectivity index (χ0) is 15.9. The van der Waals surface area contributed by atoms with E-state index in [-0.39, 0.29) is 24.3 Å². The number of imide groups is 1. The molecule has 0 saturated heterocycles. The largest absolute Gasteiger partial charge is 0.338 e. The minimum atomic E-state index is -0.490. The topological polar surface area (TPSA) is 70.2 Å². The van der Waals surface area contributed by atoms with E-state index in [1.807, 2.05) is 0 Å². The third-order valence-electron chi connectivity index (χ3n) is 3.92. The summed E-state index contributed by atoms with van der Waals surface area (Å²) in [5, 5.41) is 7.96. The molecule has 6 heteroatoms. The van der Waals surface area contributed by atoms with E-state index in [9.17, 15) is 14.0 Å². The summed E-state index contributed by atoms with van der Waals surface area (Å²) < 4.78 is 13.0. The molecule has 3 N–H and O–H groups in total. The summed E-state index contributed by atoms with van der Waals surface area (Å²) in [5.41, 5.74) is 0.969. The van der Waals surface area contributed by atoms with E-state index in [1.54, 1.807) is 19.1 Å². The number of nitrogens with one attached hydrogen (secondary N) is 3. The standard InChI is InChI=1S/C16H22FN3O2/c1-2-18-16(22)20-14(21)10-19-15(11-4-3-5-11)12-6-8-13(17)9-7-12/h6-9,11,15,19H,2-5,10H2,1H3,(H2,18,20,21,22)/t15-/m1/s1. The molecule has 120 valence electrons. The molecule has 0 heterocycles. The maximum absolute atomic E-state index is 13.0. The summed E-state index contributed by atoms with van der Waals surface area (Å²) in [6, 6.07) is 5.86. The molecule has 3 amide bonds. The van der Waals surface area contributed by atoms with Gasteiger partial charge in [-0.05, 0) is 43.4 Å². The van der Waals surface area contributed by atoms with Gasteiger partial charge in [-0.15, -0.1) is 0 Å². The van der Waals surface area contributed by atoms with Crippen molar-refractivity contribution >= 4 is 11.9 Å². The number of urea groups is 1. The van der Waals surface area contributed by atoms with Crippen LogP contribution in [0.1, 0.15) is 37.8 Å². The first-order valence-corrected chi connectivity index (χ1v) is 7.66. The number of carbonyl (C=O) groups excluding carboxylic acids is 2. The van der Waals surface area contributed by atoms with Crippen LogP contribution in [0.5, 0.6) is 0 Å². The van der Waals surface area contributed by atoms with Crippen LogP contribution in [0.2, 0.25) is 0 Å². The second-order valence-electron chi connectivity index (χ2n) is 5.51. The zero-order valence-corrected chi connectivity index (χ0v) is 12.7. The lowest BCUT2D eigenvalue weighted by molar-refractivity contribution is -0.119. The van der Waals surface area contributed by atoms with Crippen LogP contribution >= 0.6 is 0 Å². The van der Waals surface area contributed by atoms with Crippen molar-refractivity contribution in [1.82, 2.24) is 16.0 Å². The Morgan fingerprint density at radius 3 is 2.50 bits per heavy atom. The third kappa shape index (κ3) is 4.53. The molecule has 0 unspecified atom stereocenters. The maximum Gasteiger partial charge on any atom is 0.321 e. The summed E-state index contributed by atoms with van der Waals surface area (Å²) in [4.78, 5) is 23.0. The molecule has 1 fully saturated rings. The molecule has 1 saturated carbocycles. The Balaban J connectivity index is 1.91. The predicted octanol–water partition coefficient (Wildman–Crippen LogP) is 2.10. The summed E-state index contributed by atoms with van der Waals surface area (Å²) in [7, 11) is 0. The molecule has 22 heavy (non-hydrogen) atoms. The molecular formula is C16H22FN3O2.